The highest BCUT2D eigenvalue weighted by molar-refractivity contribution is 5.54. The molecule has 2 aliphatic rings. The lowest BCUT2D eigenvalue weighted by molar-refractivity contribution is 0.808. The molecule has 0 amide bonds. The summed E-state index contributed by atoms with van der Waals surface area (Å²) in [6.07, 6.45) is 6.78. The molecule has 1 nitrogen and oxygen atoms in total. The van der Waals surface area contributed by atoms with Crippen LogP contribution in [0.1, 0.15) is 30.4 Å². The number of hydrogen-bond donors (Lipinski definition) is 1. The standard InChI is InChI=1S/C13H17N/c1-2-12-9-11(8-10-3-4-10)5-6-13(12)14-7-1/h5-6,9-10,14H,1-4,7-8H2. The van der Waals surface area contributed by atoms with Crippen molar-refractivity contribution in [3.8, 4) is 0 Å². The van der Waals surface area contributed by atoms with Gasteiger partial charge in [0.1, 0.15) is 0 Å². The van der Waals surface area contributed by atoms with E-state index in [1.54, 1.807) is 5.56 Å². The van der Waals surface area contributed by atoms with Crippen LogP contribution >= 0.6 is 0 Å². The number of fused-ring (bicyclic) bond motifs is 1. The number of benzene rings is 1. The Balaban J connectivity index is 1.84. The Labute approximate surface area is 85.5 Å². The summed E-state index contributed by atoms with van der Waals surface area (Å²) in [5.41, 5.74) is 4.46. The number of nitrogens with one attached hydrogen (secondary N) is 1. The molecule has 1 aliphatic heterocycles. The van der Waals surface area contributed by atoms with E-state index in [1.165, 1.54) is 43.4 Å². The van der Waals surface area contributed by atoms with E-state index in [0.29, 0.717) is 0 Å². The van der Waals surface area contributed by atoms with Crippen LogP contribution in [0.2, 0.25) is 0 Å². The van der Waals surface area contributed by atoms with Gasteiger partial charge in [0.25, 0.3) is 0 Å². The summed E-state index contributed by atoms with van der Waals surface area (Å²) in [7, 11) is 0. The average molecular weight is 187 g/mol. The van der Waals surface area contributed by atoms with E-state index in [9.17, 15) is 0 Å². The van der Waals surface area contributed by atoms with Crippen LogP contribution in [0.3, 0.4) is 0 Å². The third-order valence-corrected chi connectivity index (χ3v) is 3.33. The van der Waals surface area contributed by atoms with Crippen molar-refractivity contribution >= 4 is 5.69 Å². The van der Waals surface area contributed by atoms with Crippen LogP contribution in [0.15, 0.2) is 18.2 Å². The van der Waals surface area contributed by atoms with E-state index in [0.717, 1.165) is 12.5 Å². The van der Waals surface area contributed by atoms with Crippen molar-refractivity contribution in [2.24, 2.45) is 5.92 Å². The van der Waals surface area contributed by atoms with E-state index in [2.05, 4.69) is 23.5 Å². The number of hydrogen-bond acceptors (Lipinski definition) is 1. The largest absolute Gasteiger partial charge is 0.385 e. The maximum absolute atomic E-state index is 3.46. The van der Waals surface area contributed by atoms with Gasteiger partial charge in [-0.3, -0.25) is 0 Å². The summed E-state index contributed by atoms with van der Waals surface area (Å²) >= 11 is 0. The first kappa shape index (κ1) is 8.34. The topological polar surface area (TPSA) is 12.0 Å². The van der Waals surface area contributed by atoms with Crippen LogP contribution in [0.4, 0.5) is 5.69 Å². The third kappa shape index (κ3) is 1.63. The van der Waals surface area contributed by atoms with Crippen molar-refractivity contribution in [1.29, 1.82) is 0 Å². The van der Waals surface area contributed by atoms with Crippen LogP contribution < -0.4 is 5.32 Å². The molecule has 1 heterocycles. The fourth-order valence-corrected chi connectivity index (χ4v) is 2.31. The molecule has 1 aromatic carbocycles. The quantitative estimate of drug-likeness (QED) is 0.750. The summed E-state index contributed by atoms with van der Waals surface area (Å²) in [6, 6.07) is 6.99. The van der Waals surface area contributed by atoms with Crippen LogP contribution in [-0.4, -0.2) is 6.54 Å². The molecular formula is C13H17N. The predicted octanol–water partition coefficient (Wildman–Crippen LogP) is 3.00. The van der Waals surface area contributed by atoms with Crippen LogP contribution in [0.25, 0.3) is 0 Å². The molecule has 0 radical (unpaired) electrons. The Morgan fingerprint density at radius 2 is 2.21 bits per heavy atom. The highest BCUT2D eigenvalue weighted by Crippen LogP contribution is 2.33. The van der Waals surface area contributed by atoms with Gasteiger partial charge in [-0.15, -0.1) is 0 Å². The van der Waals surface area contributed by atoms with E-state index in [1.807, 2.05) is 0 Å². The smallest absolute Gasteiger partial charge is 0.0372 e. The summed E-state index contributed by atoms with van der Waals surface area (Å²) in [5.74, 6) is 1.00. The van der Waals surface area contributed by atoms with E-state index in [-0.39, 0.29) is 0 Å². The minimum atomic E-state index is 1.00. The molecule has 0 aromatic heterocycles. The van der Waals surface area contributed by atoms with Crippen LogP contribution in [0.5, 0.6) is 0 Å². The molecule has 1 fully saturated rings. The average Bonchev–Trinajstić information content (AvgIpc) is 3.02. The molecule has 0 atom stereocenters. The highest BCUT2D eigenvalue weighted by atomic mass is 14.9. The van der Waals surface area contributed by atoms with Crippen molar-refractivity contribution < 1.29 is 0 Å². The summed E-state index contributed by atoms with van der Waals surface area (Å²) in [6.45, 7) is 1.15. The molecule has 1 aromatic rings. The zero-order valence-corrected chi connectivity index (χ0v) is 8.55. The number of rotatable bonds is 2. The maximum atomic E-state index is 3.46. The Hall–Kier alpha value is -0.980. The Morgan fingerprint density at radius 1 is 1.29 bits per heavy atom. The fraction of sp³-hybridized carbons (Fsp3) is 0.538. The summed E-state index contributed by atoms with van der Waals surface area (Å²) in [4.78, 5) is 0. The van der Waals surface area contributed by atoms with E-state index < -0.39 is 0 Å². The van der Waals surface area contributed by atoms with Gasteiger partial charge >= 0.3 is 0 Å². The molecule has 0 unspecified atom stereocenters. The van der Waals surface area contributed by atoms with Gasteiger partial charge < -0.3 is 5.32 Å². The lowest BCUT2D eigenvalue weighted by Gasteiger charge is -2.18. The van der Waals surface area contributed by atoms with Gasteiger partial charge in [0, 0.05) is 12.2 Å². The first-order valence-corrected chi connectivity index (χ1v) is 5.77. The minimum Gasteiger partial charge on any atom is -0.385 e. The molecule has 1 N–H and O–H groups in total. The number of anilines is 1. The Morgan fingerprint density at radius 3 is 3.07 bits per heavy atom. The summed E-state index contributed by atoms with van der Waals surface area (Å²) in [5, 5.41) is 3.46. The predicted molar refractivity (Wildman–Crippen MR) is 59.7 cm³/mol. The van der Waals surface area contributed by atoms with Crippen LogP contribution in [0, 0.1) is 5.92 Å². The Bertz CT molecular complexity index is 339. The van der Waals surface area contributed by atoms with Crippen molar-refractivity contribution in [3.05, 3.63) is 29.3 Å². The monoisotopic (exact) mass is 187 g/mol. The first-order chi connectivity index (χ1) is 6.92. The van der Waals surface area contributed by atoms with Crippen LogP contribution in [-0.2, 0) is 12.8 Å². The summed E-state index contributed by atoms with van der Waals surface area (Å²) < 4.78 is 0. The first-order valence-electron chi connectivity index (χ1n) is 5.77. The van der Waals surface area contributed by atoms with Gasteiger partial charge in [0.2, 0.25) is 0 Å². The SMILES string of the molecule is c1cc2c(cc1CC1CC1)CCCN2. The van der Waals surface area contributed by atoms with Gasteiger partial charge in [-0.1, -0.05) is 12.1 Å². The maximum Gasteiger partial charge on any atom is 0.0372 e. The highest BCUT2D eigenvalue weighted by Gasteiger charge is 2.21. The molecule has 0 spiro atoms. The van der Waals surface area contributed by atoms with E-state index in [4.69, 9.17) is 0 Å². The molecule has 74 valence electrons. The zero-order chi connectivity index (χ0) is 9.38. The second kappa shape index (κ2) is 3.30. The second-order valence-electron chi connectivity index (χ2n) is 4.67. The minimum absolute atomic E-state index is 1.00. The molecular weight excluding hydrogens is 170 g/mol. The third-order valence-electron chi connectivity index (χ3n) is 3.33. The molecule has 1 heteroatoms. The molecule has 0 bridgehead atoms. The fourth-order valence-electron chi connectivity index (χ4n) is 2.31. The lowest BCUT2D eigenvalue weighted by atomic mass is 9.98. The molecule has 3 rings (SSSR count). The van der Waals surface area contributed by atoms with Gasteiger partial charge in [-0.25, -0.2) is 0 Å². The van der Waals surface area contributed by atoms with Crippen molar-refractivity contribution in [3.63, 3.8) is 0 Å². The van der Waals surface area contributed by atoms with Gasteiger partial charge in [-0.05, 0) is 55.2 Å². The van der Waals surface area contributed by atoms with Gasteiger partial charge in [-0.2, -0.15) is 0 Å². The van der Waals surface area contributed by atoms with E-state index >= 15 is 0 Å². The van der Waals surface area contributed by atoms with Gasteiger partial charge in [0.05, 0.1) is 0 Å². The Kier molecular flexibility index (Phi) is 1.97. The zero-order valence-electron chi connectivity index (χ0n) is 8.55. The van der Waals surface area contributed by atoms with Crippen molar-refractivity contribution in [2.45, 2.75) is 32.1 Å². The molecule has 14 heavy (non-hydrogen) atoms. The second-order valence-corrected chi connectivity index (χ2v) is 4.67. The lowest BCUT2D eigenvalue weighted by Crippen LogP contribution is -2.11. The molecule has 1 aliphatic carbocycles. The number of aryl methyl sites for hydroxylation is 1. The van der Waals surface area contributed by atoms with Gasteiger partial charge in [0.15, 0.2) is 0 Å². The van der Waals surface area contributed by atoms with Crippen molar-refractivity contribution in [1.82, 2.24) is 0 Å². The normalized spacial score (nSPS) is 20.0. The molecule has 1 saturated carbocycles. The van der Waals surface area contributed by atoms with Crippen molar-refractivity contribution in [2.75, 3.05) is 11.9 Å². The molecule has 0 saturated heterocycles.